The molecule has 1 fully saturated rings. The molecule has 1 aliphatic rings. The van der Waals surface area contributed by atoms with Gasteiger partial charge in [0.05, 0.1) is 6.61 Å². The Kier molecular flexibility index (Phi) is 4.59. The van der Waals surface area contributed by atoms with Crippen molar-refractivity contribution in [1.29, 1.82) is 0 Å². The molecular formula is C11H18O4. The second kappa shape index (κ2) is 5.73. The molecule has 0 aromatic heterocycles. The lowest BCUT2D eigenvalue weighted by Crippen LogP contribution is -2.28. The number of ether oxygens (including phenoxy) is 2. The summed E-state index contributed by atoms with van der Waals surface area (Å²) in [7, 11) is 0. The molecule has 1 aliphatic carbocycles. The summed E-state index contributed by atoms with van der Waals surface area (Å²) in [6, 6.07) is 0. The van der Waals surface area contributed by atoms with Crippen LogP contribution in [0, 0.1) is 17.8 Å². The van der Waals surface area contributed by atoms with E-state index in [9.17, 15) is 9.59 Å². The Bertz CT molecular complexity index is 217. The smallest absolute Gasteiger partial charge is 0.293 e. The van der Waals surface area contributed by atoms with Crippen LogP contribution in [0.3, 0.4) is 0 Å². The van der Waals surface area contributed by atoms with Crippen LogP contribution in [0.5, 0.6) is 0 Å². The maximum Gasteiger partial charge on any atom is 0.293 e. The van der Waals surface area contributed by atoms with Crippen LogP contribution in [0.25, 0.3) is 0 Å². The third kappa shape index (κ3) is 2.94. The molecule has 0 bridgehead atoms. The Morgan fingerprint density at radius 3 is 2.67 bits per heavy atom. The van der Waals surface area contributed by atoms with Gasteiger partial charge >= 0.3 is 0 Å². The zero-order chi connectivity index (χ0) is 11.3. The van der Waals surface area contributed by atoms with Crippen molar-refractivity contribution >= 4 is 12.9 Å². The van der Waals surface area contributed by atoms with E-state index >= 15 is 0 Å². The van der Waals surface area contributed by atoms with Gasteiger partial charge in [-0.15, -0.1) is 0 Å². The maximum atomic E-state index is 10.3. The number of carbonyl (C=O) groups excluding carboxylic acids is 2. The van der Waals surface area contributed by atoms with Crippen molar-refractivity contribution in [2.24, 2.45) is 17.8 Å². The van der Waals surface area contributed by atoms with Gasteiger partial charge in [0.25, 0.3) is 12.9 Å². The fourth-order valence-corrected chi connectivity index (χ4v) is 2.52. The summed E-state index contributed by atoms with van der Waals surface area (Å²) in [6.07, 6.45) is 2.04. The maximum absolute atomic E-state index is 10.3. The summed E-state index contributed by atoms with van der Waals surface area (Å²) in [5, 5.41) is 0. The summed E-state index contributed by atoms with van der Waals surface area (Å²) in [6.45, 7) is 5.44. The van der Waals surface area contributed by atoms with Gasteiger partial charge < -0.3 is 9.47 Å². The Hall–Kier alpha value is -1.06. The number of hydrogen-bond acceptors (Lipinski definition) is 4. The molecule has 0 aromatic rings. The molecule has 0 aromatic carbocycles. The van der Waals surface area contributed by atoms with Crippen molar-refractivity contribution in [1.82, 2.24) is 0 Å². The Labute approximate surface area is 89.9 Å². The topological polar surface area (TPSA) is 52.6 Å². The lowest BCUT2D eigenvalue weighted by molar-refractivity contribution is -0.138. The lowest BCUT2D eigenvalue weighted by atomic mass is 9.88. The first kappa shape index (κ1) is 12.0. The third-order valence-electron chi connectivity index (χ3n) is 3.47. The minimum absolute atomic E-state index is 0.0901. The van der Waals surface area contributed by atoms with E-state index in [1.807, 2.05) is 6.92 Å². The molecule has 0 spiro atoms. The average molecular weight is 214 g/mol. The third-order valence-corrected chi connectivity index (χ3v) is 3.47. The van der Waals surface area contributed by atoms with Crippen LogP contribution in [0.15, 0.2) is 0 Å². The van der Waals surface area contributed by atoms with Gasteiger partial charge in [0.15, 0.2) is 0 Å². The molecule has 0 saturated heterocycles. The first-order valence-electron chi connectivity index (χ1n) is 5.35. The zero-order valence-corrected chi connectivity index (χ0v) is 9.22. The van der Waals surface area contributed by atoms with Crippen LogP contribution in [0.4, 0.5) is 0 Å². The summed E-state index contributed by atoms with van der Waals surface area (Å²) < 4.78 is 9.78. The second-order valence-corrected chi connectivity index (χ2v) is 4.25. The first-order chi connectivity index (χ1) is 7.20. The summed E-state index contributed by atoms with van der Waals surface area (Å²) in [4.78, 5) is 20.4. The molecule has 0 amide bonds. The van der Waals surface area contributed by atoms with Crippen molar-refractivity contribution in [3.05, 3.63) is 0 Å². The van der Waals surface area contributed by atoms with E-state index in [0.29, 0.717) is 37.3 Å². The quantitative estimate of drug-likeness (QED) is 0.627. The standard InChI is InChI=1S/C11H18O4/c1-8-3-4-10(9(2)15-7-13)11(8)5-14-6-12/h6-11H,3-5H2,1-2H3/t8-,9+,10-,11-/m0/s1. The van der Waals surface area contributed by atoms with E-state index in [2.05, 4.69) is 6.92 Å². The Morgan fingerprint density at radius 2 is 2.07 bits per heavy atom. The van der Waals surface area contributed by atoms with Crippen molar-refractivity contribution in [2.45, 2.75) is 32.8 Å². The predicted molar refractivity (Wildman–Crippen MR) is 54.0 cm³/mol. The van der Waals surface area contributed by atoms with Gasteiger partial charge in [0, 0.05) is 11.8 Å². The van der Waals surface area contributed by atoms with Crippen molar-refractivity contribution in [3.63, 3.8) is 0 Å². The normalized spacial score (nSPS) is 32.0. The number of hydrogen-bond donors (Lipinski definition) is 0. The zero-order valence-electron chi connectivity index (χ0n) is 9.22. The largest absolute Gasteiger partial charge is 0.468 e. The highest BCUT2D eigenvalue weighted by Gasteiger charge is 2.37. The molecule has 4 heteroatoms. The van der Waals surface area contributed by atoms with E-state index in [0.717, 1.165) is 12.8 Å². The minimum Gasteiger partial charge on any atom is -0.468 e. The SMILES string of the molecule is C[C@H]1CC[C@@H]([C@@H](C)OC=O)[C@H]1COC=O. The molecule has 0 unspecified atom stereocenters. The number of rotatable bonds is 6. The van der Waals surface area contributed by atoms with E-state index in [1.54, 1.807) is 0 Å². The van der Waals surface area contributed by atoms with E-state index in [1.165, 1.54) is 0 Å². The first-order valence-corrected chi connectivity index (χ1v) is 5.35. The molecule has 1 saturated carbocycles. The summed E-state index contributed by atoms with van der Waals surface area (Å²) in [5.41, 5.74) is 0. The Morgan fingerprint density at radius 1 is 1.33 bits per heavy atom. The van der Waals surface area contributed by atoms with Crippen LogP contribution >= 0.6 is 0 Å². The van der Waals surface area contributed by atoms with Crippen LogP contribution in [0.2, 0.25) is 0 Å². The monoisotopic (exact) mass is 214 g/mol. The van der Waals surface area contributed by atoms with Gasteiger partial charge in [-0.25, -0.2) is 0 Å². The summed E-state index contributed by atoms with van der Waals surface area (Å²) in [5.74, 6) is 1.14. The highest BCUT2D eigenvalue weighted by Crippen LogP contribution is 2.39. The molecule has 4 nitrogen and oxygen atoms in total. The van der Waals surface area contributed by atoms with Gasteiger partial charge in [-0.2, -0.15) is 0 Å². The fraction of sp³-hybridized carbons (Fsp3) is 0.818. The van der Waals surface area contributed by atoms with Crippen molar-refractivity contribution in [3.8, 4) is 0 Å². The van der Waals surface area contributed by atoms with Gasteiger partial charge in [-0.3, -0.25) is 9.59 Å². The second-order valence-electron chi connectivity index (χ2n) is 4.25. The summed E-state index contributed by atoms with van der Waals surface area (Å²) >= 11 is 0. The van der Waals surface area contributed by atoms with Crippen molar-refractivity contribution < 1.29 is 19.1 Å². The molecule has 0 heterocycles. The van der Waals surface area contributed by atoms with Crippen LogP contribution in [-0.4, -0.2) is 25.7 Å². The van der Waals surface area contributed by atoms with Gasteiger partial charge in [0.2, 0.25) is 0 Å². The van der Waals surface area contributed by atoms with E-state index in [-0.39, 0.29) is 6.10 Å². The highest BCUT2D eigenvalue weighted by atomic mass is 16.5. The molecule has 0 aliphatic heterocycles. The molecule has 86 valence electrons. The molecule has 4 atom stereocenters. The average Bonchev–Trinajstić information content (AvgIpc) is 2.57. The van der Waals surface area contributed by atoms with Gasteiger partial charge in [0.1, 0.15) is 6.10 Å². The van der Waals surface area contributed by atoms with Crippen LogP contribution in [0.1, 0.15) is 26.7 Å². The molecule has 0 radical (unpaired) electrons. The molecular weight excluding hydrogens is 196 g/mol. The number of carbonyl (C=O) groups is 2. The Balaban J connectivity index is 2.53. The van der Waals surface area contributed by atoms with Crippen LogP contribution < -0.4 is 0 Å². The fourth-order valence-electron chi connectivity index (χ4n) is 2.52. The molecule has 15 heavy (non-hydrogen) atoms. The predicted octanol–water partition coefficient (Wildman–Crippen LogP) is 1.38. The highest BCUT2D eigenvalue weighted by molar-refractivity contribution is 5.37. The molecule has 0 N–H and O–H groups in total. The van der Waals surface area contributed by atoms with E-state index in [4.69, 9.17) is 9.47 Å². The van der Waals surface area contributed by atoms with Gasteiger partial charge in [-0.1, -0.05) is 6.92 Å². The van der Waals surface area contributed by atoms with Gasteiger partial charge in [-0.05, 0) is 25.7 Å². The minimum atomic E-state index is -0.0901. The lowest BCUT2D eigenvalue weighted by Gasteiger charge is -2.25. The molecule has 1 rings (SSSR count). The van der Waals surface area contributed by atoms with E-state index < -0.39 is 0 Å². The van der Waals surface area contributed by atoms with Crippen LogP contribution in [-0.2, 0) is 19.1 Å². The van der Waals surface area contributed by atoms with Crippen molar-refractivity contribution in [2.75, 3.05) is 6.61 Å².